The van der Waals surface area contributed by atoms with Crippen LogP contribution in [0.3, 0.4) is 0 Å². The van der Waals surface area contributed by atoms with Crippen molar-refractivity contribution in [2.75, 3.05) is 53.3 Å². The number of unbranched alkanes of at least 4 members (excludes halogenated alkanes) is 6. The van der Waals surface area contributed by atoms with Gasteiger partial charge in [-0.15, -0.1) is 11.8 Å². The van der Waals surface area contributed by atoms with Crippen molar-refractivity contribution < 1.29 is 57.1 Å². The fraction of sp³-hybridized carbons (Fsp3) is 0.604. The number of quaternary nitrogens is 1. The van der Waals surface area contributed by atoms with Crippen LogP contribution < -0.4 is 10.6 Å². The summed E-state index contributed by atoms with van der Waals surface area (Å²) in [4.78, 5) is 49.5. The standard InChI is InChI=1S/C53H87N2O11PS/c1-6-8-10-12-14-16-18-20-21-22-23-24-25-26-28-30-32-34-36-41-52(59)63-44-47(45-65-67(61,62)64-43-42-55(3,4)5)66-53(60)48(54)46-68-50(49(56)38-37-40-51(57)58)39-35-33-31-29-27-19-17-15-13-11-9-7-2/h14-17,20-21,23-24,26-29,31-35,39,47-50,56H,6-13,18-19,22,25,30,36-38,40-46,54H2,1-5H3,(H-,57,58,61,62)/b16-14-,17-15-,21-20-,24-23-,28-26-,29-27-,33-31+,34-32-,39-35+/t47-,48+,49+,50-/m1/s1. The number of hydrogen-bond acceptors (Lipinski definition) is 12. The SMILES string of the molecule is CCCCC/C=C\C\C=C/C=C/C=C/[C@@H](SC[C@H](N)C(=O)O[C@H](COC(=O)CC/C=C\C/C=C\C/C=C\C/C=C\C/C=C\CCCCC)COP(=O)([O-])OCC[N+](C)(C)C)[C@@H](O)CCCC(=O)O. The van der Waals surface area contributed by atoms with Crippen LogP contribution in [0.15, 0.2) is 109 Å². The Morgan fingerprint density at radius 3 is 1.76 bits per heavy atom. The smallest absolute Gasteiger partial charge is 0.324 e. The molecule has 4 N–H and O–H groups in total. The maximum Gasteiger partial charge on any atom is 0.324 e. The molecule has 386 valence electrons. The van der Waals surface area contributed by atoms with Crippen molar-refractivity contribution in [3.05, 3.63) is 109 Å². The summed E-state index contributed by atoms with van der Waals surface area (Å²) in [6.07, 6.45) is 49.0. The molecule has 0 aliphatic rings. The van der Waals surface area contributed by atoms with E-state index in [0.717, 1.165) is 38.5 Å². The van der Waals surface area contributed by atoms with E-state index in [1.54, 1.807) is 12.2 Å². The number of phosphoric acid groups is 1. The number of esters is 2. The average Bonchev–Trinajstić information content (AvgIpc) is 3.28. The third-order valence-electron chi connectivity index (χ3n) is 9.78. The first-order valence-corrected chi connectivity index (χ1v) is 27.0. The van der Waals surface area contributed by atoms with Crippen LogP contribution in [-0.4, -0.2) is 109 Å². The zero-order chi connectivity index (χ0) is 50.6. The monoisotopic (exact) mass is 991 g/mol. The van der Waals surface area contributed by atoms with Crippen molar-refractivity contribution >= 4 is 37.5 Å². The van der Waals surface area contributed by atoms with E-state index >= 15 is 0 Å². The normalized spacial score (nSPS) is 15.6. The summed E-state index contributed by atoms with van der Waals surface area (Å²) in [7, 11) is 0.810. The number of nitrogens with two attached hydrogens (primary N) is 1. The lowest BCUT2D eigenvalue weighted by Crippen LogP contribution is -2.40. The van der Waals surface area contributed by atoms with Crippen molar-refractivity contribution in [2.45, 2.75) is 153 Å². The number of carboxylic acid groups (broad SMARTS) is 1. The number of likely N-dealkylation sites (N-methyl/N-ethyl adjacent to an activating group) is 1. The summed E-state index contributed by atoms with van der Waals surface area (Å²) in [5.74, 6) is -2.46. The number of aliphatic carboxylic acids is 1. The van der Waals surface area contributed by atoms with Gasteiger partial charge in [-0.05, 0) is 77.0 Å². The van der Waals surface area contributed by atoms with E-state index in [1.807, 2.05) is 57.6 Å². The molecule has 15 heteroatoms. The quantitative estimate of drug-likeness (QED) is 0.0131. The highest BCUT2D eigenvalue weighted by Gasteiger charge is 2.26. The average molecular weight is 991 g/mol. The molecule has 5 atom stereocenters. The molecule has 0 aliphatic carbocycles. The molecule has 68 heavy (non-hydrogen) atoms. The third-order valence-corrected chi connectivity index (χ3v) is 12.2. The molecule has 0 radical (unpaired) electrons. The molecular weight excluding hydrogens is 904 g/mol. The minimum atomic E-state index is -4.81. The number of aliphatic hydroxyl groups is 1. The van der Waals surface area contributed by atoms with Crippen LogP contribution in [-0.2, 0) is 37.5 Å². The van der Waals surface area contributed by atoms with Gasteiger partial charge in [0.15, 0.2) is 6.10 Å². The van der Waals surface area contributed by atoms with Crippen molar-refractivity contribution in [3.63, 3.8) is 0 Å². The van der Waals surface area contributed by atoms with Crippen molar-refractivity contribution in [3.8, 4) is 0 Å². The van der Waals surface area contributed by atoms with E-state index in [-0.39, 0.29) is 38.0 Å². The molecule has 0 aliphatic heterocycles. The van der Waals surface area contributed by atoms with Gasteiger partial charge in [-0.3, -0.25) is 18.9 Å². The second-order valence-corrected chi connectivity index (χ2v) is 19.9. The van der Waals surface area contributed by atoms with Crippen LogP contribution in [0.5, 0.6) is 0 Å². The predicted molar refractivity (Wildman–Crippen MR) is 278 cm³/mol. The van der Waals surface area contributed by atoms with E-state index in [2.05, 4.69) is 74.6 Å². The van der Waals surface area contributed by atoms with Crippen LogP contribution >= 0.6 is 19.6 Å². The van der Waals surface area contributed by atoms with E-state index in [1.165, 1.54) is 50.3 Å². The lowest BCUT2D eigenvalue weighted by molar-refractivity contribution is -0.870. The topological polar surface area (TPSA) is 195 Å². The number of carboxylic acids is 1. The number of aliphatic hydroxyl groups excluding tert-OH is 1. The molecule has 0 heterocycles. The zero-order valence-electron chi connectivity index (χ0n) is 41.9. The Kier molecular flexibility index (Phi) is 41.1. The van der Waals surface area contributed by atoms with Crippen LogP contribution in [0, 0.1) is 0 Å². The Balaban J connectivity index is 5.31. The maximum absolute atomic E-state index is 13.2. The van der Waals surface area contributed by atoms with E-state index < -0.39 is 62.4 Å². The molecule has 0 aromatic heterocycles. The molecule has 0 aromatic carbocycles. The fourth-order valence-electron chi connectivity index (χ4n) is 5.77. The molecular formula is C53H87N2O11PS. The number of phosphoric ester groups is 1. The Bertz CT molecular complexity index is 1650. The van der Waals surface area contributed by atoms with Crippen LogP contribution in [0.1, 0.15) is 129 Å². The van der Waals surface area contributed by atoms with Gasteiger partial charge >= 0.3 is 17.9 Å². The lowest BCUT2D eigenvalue weighted by atomic mass is 10.1. The highest BCUT2D eigenvalue weighted by atomic mass is 32.2. The molecule has 0 saturated heterocycles. The second kappa shape index (κ2) is 43.4. The highest BCUT2D eigenvalue weighted by molar-refractivity contribution is 8.00. The first-order chi connectivity index (χ1) is 32.6. The fourth-order valence-corrected chi connectivity index (χ4v) is 7.62. The maximum atomic E-state index is 13.2. The molecule has 0 saturated carbocycles. The molecule has 0 aromatic rings. The predicted octanol–water partition coefficient (Wildman–Crippen LogP) is 10.6. The molecule has 0 rings (SSSR count). The van der Waals surface area contributed by atoms with Crippen molar-refractivity contribution in [1.29, 1.82) is 0 Å². The molecule has 0 amide bonds. The summed E-state index contributed by atoms with van der Waals surface area (Å²) in [6, 6.07) is -1.22. The number of ether oxygens (including phenoxy) is 2. The first-order valence-electron chi connectivity index (χ1n) is 24.5. The van der Waals surface area contributed by atoms with E-state index in [4.69, 9.17) is 29.4 Å². The molecule has 0 fully saturated rings. The van der Waals surface area contributed by atoms with Gasteiger partial charge in [-0.25, -0.2) is 0 Å². The Hall–Kier alpha value is -3.59. The molecule has 0 bridgehead atoms. The van der Waals surface area contributed by atoms with Gasteiger partial charge in [-0.2, -0.15) is 0 Å². The van der Waals surface area contributed by atoms with Gasteiger partial charge in [0.2, 0.25) is 0 Å². The van der Waals surface area contributed by atoms with E-state index in [9.17, 15) is 28.9 Å². The number of carbonyl (C=O) groups is 3. The lowest BCUT2D eigenvalue weighted by Gasteiger charge is -2.28. The molecule has 13 nitrogen and oxygen atoms in total. The second-order valence-electron chi connectivity index (χ2n) is 17.3. The minimum absolute atomic E-state index is 0.00693. The number of allylic oxidation sites excluding steroid dienone is 17. The summed E-state index contributed by atoms with van der Waals surface area (Å²) >= 11 is 1.19. The number of thioether (sulfide) groups is 1. The number of hydrogen-bond donors (Lipinski definition) is 3. The number of carbonyl (C=O) groups excluding carboxylic acids is 2. The van der Waals surface area contributed by atoms with Gasteiger partial charge in [0.1, 0.15) is 25.8 Å². The zero-order valence-corrected chi connectivity index (χ0v) is 43.6. The molecule has 1 unspecified atom stereocenters. The van der Waals surface area contributed by atoms with Gasteiger partial charge in [0, 0.05) is 23.8 Å². The van der Waals surface area contributed by atoms with Gasteiger partial charge in [-0.1, -0.05) is 149 Å². The Labute approximate surface area is 414 Å². The van der Waals surface area contributed by atoms with Gasteiger partial charge in [0.25, 0.3) is 7.82 Å². The summed E-state index contributed by atoms with van der Waals surface area (Å²) in [5.41, 5.74) is 6.23. The van der Waals surface area contributed by atoms with Crippen LogP contribution in [0.4, 0.5) is 0 Å². The van der Waals surface area contributed by atoms with Crippen LogP contribution in [0.25, 0.3) is 0 Å². The summed E-state index contributed by atoms with van der Waals surface area (Å²) in [5, 5.41) is 19.5. The highest BCUT2D eigenvalue weighted by Crippen LogP contribution is 2.38. The number of nitrogens with zero attached hydrogens (tertiary/aromatic N) is 1. The van der Waals surface area contributed by atoms with Crippen LogP contribution in [0.2, 0.25) is 0 Å². The van der Waals surface area contributed by atoms with Gasteiger partial charge in [0.05, 0.1) is 33.9 Å². The van der Waals surface area contributed by atoms with Crippen molar-refractivity contribution in [2.24, 2.45) is 5.73 Å². The van der Waals surface area contributed by atoms with E-state index in [0.29, 0.717) is 23.9 Å². The van der Waals surface area contributed by atoms with Gasteiger partial charge < -0.3 is 43.8 Å². The Morgan fingerprint density at radius 1 is 0.691 bits per heavy atom. The minimum Gasteiger partial charge on any atom is -0.756 e. The largest absolute Gasteiger partial charge is 0.756 e. The summed E-state index contributed by atoms with van der Waals surface area (Å²) in [6.45, 7) is 3.47. The first kappa shape index (κ1) is 64.4. The summed E-state index contributed by atoms with van der Waals surface area (Å²) < 4.78 is 33.9. The Morgan fingerprint density at radius 2 is 1.22 bits per heavy atom. The van der Waals surface area contributed by atoms with Crippen molar-refractivity contribution in [1.82, 2.24) is 0 Å². The third kappa shape index (κ3) is 43.7. The number of rotatable bonds is 43. The molecule has 0 spiro atoms.